The van der Waals surface area contributed by atoms with E-state index in [0.717, 1.165) is 5.69 Å². The van der Waals surface area contributed by atoms with Crippen LogP contribution in [0.15, 0.2) is 59.8 Å². The molecule has 2 heterocycles. The summed E-state index contributed by atoms with van der Waals surface area (Å²) in [7, 11) is 0. The van der Waals surface area contributed by atoms with Gasteiger partial charge in [0.05, 0.1) is 5.75 Å². The van der Waals surface area contributed by atoms with Gasteiger partial charge in [0.25, 0.3) is 0 Å². The summed E-state index contributed by atoms with van der Waals surface area (Å²) < 4.78 is 13.8. The molecule has 0 radical (unpaired) electrons. The number of imide groups is 1. The Kier molecular flexibility index (Phi) is 7.13. The smallest absolute Gasteiger partial charge is 0.321 e. The highest BCUT2D eigenvalue weighted by Crippen LogP contribution is 2.36. The number of hydrogen-bond donors (Lipinski definition) is 2. The number of nitrogens with one attached hydrogen (secondary N) is 2. The number of nitrogens with zero attached hydrogens (tertiary/aromatic N) is 3. The summed E-state index contributed by atoms with van der Waals surface area (Å²) >= 11 is 1.19. The predicted molar refractivity (Wildman–Crippen MR) is 124 cm³/mol. The Morgan fingerprint density at radius 1 is 1.09 bits per heavy atom. The number of hydrogen-bond acceptors (Lipinski definition) is 7. The fourth-order valence-electron chi connectivity index (χ4n) is 3.18. The highest BCUT2D eigenvalue weighted by molar-refractivity contribution is 7.99. The van der Waals surface area contributed by atoms with E-state index in [1.807, 2.05) is 73.0 Å². The summed E-state index contributed by atoms with van der Waals surface area (Å²) in [5.74, 6) is 1.76. The minimum Gasteiger partial charge on any atom is -0.485 e. The highest BCUT2D eigenvalue weighted by Gasteiger charge is 2.29. The third-order valence-electron chi connectivity index (χ3n) is 4.73. The minimum atomic E-state index is -0.508. The van der Waals surface area contributed by atoms with Crippen molar-refractivity contribution in [3.8, 4) is 17.2 Å². The van der Waals surface area contributed by atoms with Crippen LogP contribution in [-0.2, 0) is 4.79 Å². The first-order valence-corrected chi connectivity index (χ1v) is 11.6. The zero-order valence-electron chi connectivity index (χ0n) is 18.4. The van der Waals surface area contributed by atoms with Crippen LogP contribution in [0, 0.1) is 5.92 Å². The molecule has 3 amide bonds. The minimum absolute atomic E-state index is 0.00488. The Hall–Kier alpha value is -3.53. The maximum atomic E-state index is 12.3. The van der Waals surface area contributed by atoms with Gasteiger partial charge in [0.1, 0.15) is 6.61 Å². The normalized spacial score (nSPS) is 14.7. The van der Waals surface area contributed by atoms with Crippen molar-refractivity contribution >= 4 is 23.7 Å². The van der Waals surface area contributed by atoms with E-state index in [4.69, 9.17) is 9.47 Å². The number of fused-ring (bicyclic) bond motifs is 1. The van der Waals surface area contributed by atoms with Gasteiger partial charge in [-0.15, -0.1) is 10.2 Å². The van der Waals surface area contributed by atoms with Gasteiger partial charge in [-0.3, -0.25) is 14.7 Å². The molecule has 0 spiro atoms. The number of rotatable bonds is 7. The van der Waals surface area contributed by atoms with Crippen molar-refractivity contribution in [1.29, 1.82) is 0 Å². The lowest BCUT2D eigenvalue weighted by atomic mass is 10.2. The molecule has 0 aliphatic carbocycles. The standard InChI is InChI=1S/C23H25N5O4S/c1-15(2)12-24-22(30)25-20(29)14-33-23-27-26-21(28(23)16-8-4-3-5-9-16)19-13-31-17-10-6-7-11-18(17)32-19/h3-11,15,19H,12-14H2,1-2H3,(H2,24,25,29,30)/t19-/m1/s1. The maximum absolute atomic E-state index is 12.3. The number of benzene rings is 2. The zero-order chi connectivity index (χ0) is 23.2. The second kappa shape index (κ2) is 10.4. The summed E-state index contributed by atoms with van der Waals surface area (Å²) in [6.07, 6.45) is -0.474. The monoisotopic (exact) mass is 467 g/mol. The van der Waals surface area contributed by atoms with Gasteiger partial charge in [-0.1, -0.05) is 55.9 Å². The number of para-hydroxylation sites is 3. The number of urea groups is 1. The molecule has 3 aromatic rings. The topological polar surface area (TPSA) is 107 Å². The number of thioether (sulfide) groups is 1. The molecule has 2 N–H and O–H groups in total. The van der Waals surface area contributed by atoms with Gasteiger partial charge in [0.15, 0.2) is 28.6 Å². The Morgan fingerprint density at radius 3 is 2.58 bits per heavy atom. The molecule has 10 heteroatoms. The molecule has 9 nitrogen and oxygen atoms in total. The molecule has 33 heavy (non-hydrogen) atoms. The van der Waals surface area contributed by atoms with Crippen LogP contribution in [0.1, 0.15) is 25.8 Å². The van der Waals surface area contributed by atoms with Gasteiger partial charge in [-0.2, -0.15) is 0 Å². The first-order chi connectivity index (χ1) is 16.0. The van der Waals surface area contributed by atoms with Crippen LogP contribution < -0.4 is 20.1 Å². The van der Waals surface area contributed by atoms with Crippen molar-refractivity contribution in [2.24, 2.45) is 5.92 Å². The molecule has 0 unspecified atom stereocenters. The van der Waals surface area contributed by atoms with Gasteiger partial charge in [0.2, 0.25) is 5.91 Å². The first-order valence-electron chi connectivity index (χ1n) is 10.6. The second-order valence-electron chi connectivity index (χ2n) is 7.82. The zero-order valence-corrected chi connectivity index (χ0v) is 19.2. The average molecular weight is 468 g/mol. The largest absolute Gasteiger partial charge is 0.485 e. The molecule has 1 aliphatic rings. The molecule has 1 atom stereocenters. The predicted octanol–water partition coefficient (Wildman–Crippen LogP) is 3.35. The summed E-state index contributed by atoms with van der Waals surface area (Å²) in [6, 6.07) is 16.5. The van der Waals surface area contributed by atoms with Gasteiger partial charge in [-0.25, -0.2) is 4.79 Å². The molecule has 4 rings (SSSR count). The van der Waals surface area contributed by atoms with E-state index in [9.17, 15) is 9.59 Å². The summed E-state index contributed by atoms with van der Waals surface area (Å²) in [4.78, 5) is 24.1. The van der Waals surface area contributed by atoms with Gasteiger partial charge < -0.3 is 14.8 Å². The first kappa shape index (κ1) is 22.7. The van der Waals surface area contributed by atoms with Crippen molar-refractivity contribution in [2.45, 2.75) is 25.1 Å². The van der Waals surface area contributed by atoms with Crippen LogP contribution in [0.2, 0.25) is 0 Å². The van der Waals surface area contributed by atoms with Crippen LogP contribution in [0.5, 0.6) is 11.5 Å². The van der Waals surface area contributed by atoms with Crippen molar-refractivity contribution in [1.82, 2.24) is 25.4 Å². The molecule has 1 aromatic heterocycles. The van der Waals surface area contributed by atoms with E-state index >= 15 is 0 Å². The van der Waals surface area contributed by atoms with Crippen LogP contribution in [0.3, 0.4) is 0 Å². The molecular formula is C23H25N5O4S. The molecule has 172 valence electrons. The lowest BCUT2D eigenvalue weighted by molar-refractivity contribution is -0.117. The Morgan fingerprint density at radius 2 is 1.82 bits per heavy atom. The average Bonchev–Trinajstić information content (AvgIpc) is 3.25. The van der Waals surface area contributed by atoms with E-state index in [0.29, 0.717) is 34.9 Å². The lowest BCUT2D eigenvalue weighted by Gasteiger charge is -2.26. The molecule has 0 saturated carbocycles. The molecule has 0 fully saturated rings. The van der Waals surface area contributed by atoms with Crippen molar-refractivity contribution < 1.29 is 19.1 Å². The SMILES string of the molecule is CC(C)CNC(=O)NC(=O)CSc1nnc([C@H]2COc3ccccc3O2)n1-c1ccccc1. The second-order valence-corrected chi connectivity index (χ2v) is 8.76. The van der Waals surface area contributed by atoms with E-state index in [1.165, 1.54) is 11.8 Å². The van der Waals surface area contributed by atoms with Crippen molar-refractivity contribution in [3.05, 3.63) is 60.4 Å². The van der Waals surface area contributed by atoms with E-state index in [-0.39, 0.29) is 12.4 Å². The van der Waals surface area contributed by atoms with Crippen LogP contribution >= 0.6 is 11.8 Å². The summed E-state index contributed by atoms with van der Waals surface area (Å²) in [6.45, 7) is 4.73. The third kappa shape index (κ3) is 5.64. The van der Waals surface area contributed by atoms with Gasteiger partial charge >= 0.3 is 6.03 Å². The molecular weight excluding hydrogens is 442 g/mol. The Labute approximate surface area is 195 Å². The molecule has 1 aliphatic heterocycles. The van der Waals surface area contributed by atoms with Gasteiger partial charge in [0, 0.05) is 12.2 Å². The Balaban J connectivity index is 1.50. The van der Waals surface area contributed by atoms with Crippen molar-refractivity contribution in [3.63, 3.8) is 0 Å². The van der Waals surface area contributed by atoms with E-state index < -0.39 is 18.0 Å². The summed E-state index contributed by atoms with van der Waals surface area (Å²) in [5.41, 5.74) is 0.831. The van der Waals surface area contributed by atoms with E-state index in [1.54, 1.807) is 0 Å². The number of aromatic nitrogens is 3. The molecule has 2 aromatic carbocycles. The van der Waals surface area contributed by atoms with Crippen LogP contribution in [-0.4, -0.2) is 45.6 Å². The van der Waals surface area contributed by atoms with Gasteiger partial charge in [-0.05, 0) is 30.2 Å². The highest BCUT2D eigenvalue weighted by atomic mass is 32.2. The van der Waals surface area contributed by atoms with Crippen LogP contribution in [0.4, 0.5) is 4.79 Å². The number of amides is 3. The number of carbonyl (C=O) groups is 2. The van der Waals surface area contributed by atoms with Crippen molar-refractivity contribution in [2.75, 3.05) is 18.9 Å². The fourth-order valence-corrected chi connectivity index (χ4v) is 3.94. The number of ether oxygens (including phenoxy) is 2. The van der Waals surface area contributed by atoms with Crippen LogP contribution in [0.25, 0.3) is 5.69 Å². The Bertz CT molecular complexity index is 1120. The van der Waals surface area contributed by atoms with E-state index in [2.05, 4.69) is 20.8 Å². The molecule has 0 bridgehead atoms. The molecule has 0 saturated heterocycles. The maximum Gasteiger partial charge on any atom is 0.321 e. The lowest BCUT2D eigenvalue weighted by Crippen LogP contribution is -2.41. The summed E-state index contributed by atoms with van der Waals surface area (Å²) in [5, 5.41) is 14.2. The number of carbonyl (C=O) groups excluding carboxylic acids is 2. The fraction of sp³-hybridized carbons (Fsp3) is 0.304. The third-order valence-corrected chi connectivity index (χ3v) is 5.65. The quantitative estimate of drug-likeness (QED) is 0.513.